The van der Waals surface area contributed by atoms with Crippen molar-refractivity contribution in [2.45, 2.75) is 26.4 Å². The molecule has 80 valence electrons. The highest BCUT2D eigenvalue weighted by atomic mass is 16.3. The van der Waals surface area contributed by atoms with E-state index in [1.54, 1.807) is 0 Å². The van der Waals surface area contributed by atoms with Crippen LogP contribution in [0.3, 0.4) is 0 Å². The molecule has 0 aliphatic heterocycles. The lowest BCUT2D eigenvalue weighted by Gasteiger charge is -2.16. The fourth-order valence-corrected chi connectivity index (χ4v) is 2.09. The molecule has 0 aliphatic rings. The first-order chi connectivity index (χ1) is 6.91. The van der Waals surface area contributed by atoms with Gasteiger partial charge >= 0.3 is 0 Å². The Labute approximate surface area is 90.2 Å². The van der Waals surface area contributed by atoms with Gasteiger partial charge in [0.25, 0.3) is 0 Å². The second kappa shape index (κ2) is 3.11. The molecule has 2 aromatic rings. The molecular weight excluding hydrogens is 186 g/mol. The molecule has 0 radical (unpaired) electrons. The third kappa shape index (κ3) is 1.55. The smallest absolute Gasteiger partial charge is 0.0861 e. The van der Waals surface area contributed by atoms with E-state index in [1.807, 2.05) is 33.2 Å². The van der Waals surface area contributed by atoms with Crippen LogP contribution in [0.25, 0.3) is 10.9 Å². The van der Waals surface area contributed by atoms with Gasteiger partial charge in [-0.05, 0) is 32.4 Å². The molecule has 0 saturated heterocycles. The van der Waals surface area contributed by atoms with E-state index in [0.717, 1.165) is 5.56 Å². The van der Waals surface area contributed by atoms with Crippen LogP contribution in [0.15, 0.2) is 24.4 Å². The molecule has 1 aromatic heterocycles. The third-order valence-corrected chi connectivity index (χ3v) is 2.88. The number of aryl methyl sites for hydroxylation is 2. The molecule has 2 heteroatoms. The van der Waals surface area contributed by atoms with Crippen molar-refractivity contribution < 1.29 is 5.11 Å². The van der Waals surface area contributed by atoms with Gasteiger partial charge in [-0.25, -0.2) is 0 Å². The summed E-state index contributed by atoms with van der Waals surface area (Å²) in [6, 6.07) is 6.21. The summed E-state index contributed by atoms with van der Waals surface area (Å²) in [6.07, 6.45) is 2.01. The number of rotatable bonds is 1. The van der Waals surface area contributed by atoms with Gasteiger partial charge in [-0.1, -0.05) is 12.1 Å². The van der Waals surface area contributed by atoms with Crippen LogP contribution >= 0.6 is 0 Å². The number of nitrogens with zero attached hydrogens (tertiary/aromatic N) is 1. The summed E-state index contributed by atoms with van der Waals surface area (Å²) in [7, 11) is 2.01. The maximum atomic E-state index is 10.1. The Balaban J connectivity index is 2.88. The lowest BCUT2D eigenvalue weighted by Crippen LogP contribution is -2.15. The molecule has 0 spiro atoms. The van der Waals surface area contributed by atoms with Gasteiger partial charge in [0.1, 0.15) is 0 Å². The highest BCUT2D eigenvalue weighted by Crippen LogP contribution is 2.31. The number of aliphatic hydroxyl groups is 1. The summed E-state index contributed by atoms with van der Waals surface area (Å²) in [4.78, 5) is 0. The molecule has 1 N–H and O–H groups in total. The first-order valence-corrected chi connectivity index (χ1v) is 5.19. The first-order valence-electron chi connectivity index (χ1n) is 5.19. The summed E-state index contributed by atoms with van der Waals surface area (Å²) in [5.41, 5.74) is 2.60. The van der Waals surface area contributed by atoms with Gasteiger partial charge in [-0.15, -0.1) is 0 Å². The van der Waals surface area contributed by atoms with Crippen LogP contribution in [-0.4, -0.2) is 9.67 Å². The van der Waals surface area contributed by atoms with E-state index in [2.05, 4.69) is 23.6 Å². The van der Waals surface area contributed by atoms with Gasteiger partial charge in [0.05, 0.1) is 5.60 Å². The summed E-state index contributed by atoms with van der Waals surface area (Å²) in [5, 5.41) is 11.3. The zero-order chi connectivity index (χ0) is 11.2. The first kappa shape index (κ1) is 10.2. The molecule has 2 nitrogen and oxygen atoms in total. The standard InChI is InChI=1S/C13H17NO/c1-9-6-5-7-11-12(9)10(8-14(11)4)13(2,3)15/h5-8,15H,1-4H3. The van der Waals surface area contributed by atoms with Crippen molar-refractivity contribution in [3.05, 3.63) is 35.5 Å². The van der Waals surface area contributed by atoms with Crippen LogP contribution in [0.2, 0.25) is 0 Å². The Morgan fingerprint density at radius 1 is 1.27 bits per heavy atom. The van der Waals surface area contributed by atoms with E-state index >= 15 is 0 Å². The maximum Gasteiger partial charge on any atom is 0.0861 e. The summed E-state index contributed by atoms with van der Waals surface area (Å²) in [6.45, 7) is 5.74. The van der Waals surface area contributed by atoms with Gasteiger partial charge in [0.2, 0.25) is 0 Å². The lowest BCUT2D eigenvalue weighted by atomic mass is 9.96. The van der Waals surface area contributed by atoms with Crippen molar-refractivity contribution in [3.8, 4) is 0 Å². The van der Waals surface area contributed by atoms with E-state index in [9.17, 15) is 5.11 Å². The molecule has 0 saturated carbocycles. The van der Waals surface area contributed by atoms with Crippen molar-refractivity contribution in [1.82, 2.24) is 4.57 Å². The molecule has 15 heavy (non-hydrogen) atoms. The van der Waals surface area contributed by atoms with E-state index < -0.39 is 5.60 Å². The summed E-state index contributed by atoms with van der Waals surface area (Å²) < 4.78 is 2.07. The van der Waals surface area contributed by atoms with Crippen molar-refractivity contribution in [3.63, 3.8) is 0 Å². The Kier molecular flexibility index (Phi) is 2.12. The average Bonchev–Trinajstić information content (AvgIpc) is 2.45. The molecule has 0 bridgehead atoms. The predicted octanol–water partition coefficient (Wildman–Crippen LogP) is 2.71. The Morgan fingerprint density at radius 3 is 2.53 bits per heavy atom. The second-order valence-electron chi connectivity index (χ2n) is 4.68. The van der Waals surface area contributed by atoms with E-state index in [4.69, 9.17) is 0 Å². The number of fused-ring (bicyclic) bond motifs is 1. The molecule has 0 amide bonds. The number of hydrogen-bond donors (Lipinski definition) is 1. The normalized spacial score (nSPS) is 12.3. The summed E-state index contributed by atoms with van der Waals surface area (Å²) >= 11 is 0. The van der Waals surface area contributed by atoms with Crippen LogP contribution in [0.5, 0.6) is 0 Å². The fraction of sp³-hybridized carbons (Fsp3) is 0.385. The molecular formula is C13H17NO. The quantitative estimate of drug-likeness (QED) is 0.757. The van der Waals surface area contributed by atoms with Gasteiger partial charge in [0, 0.05) is 29.7 Å². The minimum absolute atomic E-state index is 0.786. The molecule has 0 unspecified atom stereocenters. The average molecular weight is 203 g/mol. The Morgan fingerprint density at radius 2 is 1.93 bits per heavy atom. The molecule has 2 rings (SSSR count). The number of benzene rings is 1. The topological polar surface area (TPSA) is 25.2 Å². The second-order valence-corrected chi connectivity index (χ2v) is 4.68. The van der Waals surface area contributed by atoms with E-state index in [1.165, 1.54) is 16.5 Å². The molecule has 1 aromatic carbocycles. The molecule has 0 aliphatic carbocycles. The van der Waals surface area contributed by atoms with Gasteiger partial charge in [-0.2, -0.15) is 0 Å². The monoisotopic (exact) mass is 203 g/mol. The number of aromatic nitrogens is 1. The van der Waals surface area contributed by atoms with Crippen molar-refractivity contribution in [1.29, 1.82) is 0 Å². The molecule has 1 heterocycles. The van der Waals surface area contributed by atoms with Crippen LogP contribution in [0.4, 0.5) is 0 Å². The summed E-state index contributed by atoms with van der Waals surface area (Å²) in [5.74, 6) is 0. The van der Waals surface area contributed by atoms with Crippen molar-refractivity contribution in [2.75, 3.05) is 0 Å². The Bertz CT molecular complexity index is 503. The van der Waals surface area contributed by atoms with Crippen LogP contribution in [-0.2, 0) is 12.6 Å². The van der Waals surface area contributed by atoms with Crippen LogP contribution < -0.4 is 0 Å². The highest BCUT2D eigenvalue weighted by Gasteiger charge is 2.22. The SMILES string of the molecule is Cc1cccc2c1c(C(C)(C)O)cn2C. The minimum atomic E-state index is -0.786. The maximum absolute atomic E-state index is 10.1. The van der Waals surface area contributed by atoms with Crippen molar-refractivity contribution >= 4 is 10.9 Å². The Hall–Kier alpha value is -1.28. The van der Waals surface area contributed by atoms with Gasteiger partial charge in [-0.3, -0.25) is 0 Å². The zero-order valence-corrected chi connectivity index (χ0v) is 9.70. The minimum Gasteiger partial charge on any atom is -0.386 e. The van der Waals surface area contributed by atoms with E-state index in [0.29, 0.717) is 0 Å². The van der Waals surface area contributed by atoms with Crippen molar-refractivity contribution in [2.24, 2.45) is 7.05 Å². The lowest BCUT2D eigenvalue weighted by molar-refractivity contribution is 0.0800. The fourth-order valence-electron chi connectivity index (χ4n) is 2.09. The van der Waals surface area contributed by atoms with Gasteiger partial charge in [0.15, 0.2) is 0 Å². The molecule has 0 atom stereocenters. The van der Waals surface area contributed by atoms with E-state index in [-0.39, 0.29) is 0 Å². The van der Waals surface area contributed by atoms with Crippen LogP contribution in [0, 0.1) is 6.92 Å². The largest absolute Gasteiger partial charge is 0.386 e. The third-order valence-electron chi connectivity index (χ3n) is 2.88. The van der Waals surface area contributed by atoms with Crippen LogP contribution in [0.1, 0.15) is 25.0 Å². The molecule has 0 fully saturated rings. The number of hydrogen-bond acceptors (Lipinski definition) is 1. The predicted molar refractivity (Wildman–Crippen MR) is 62.9 cm³/mol. The van der Waals surface area contributed by atoms with Gasteiger partial charge < -0.3 is 9.67 Å². The highest BCUT2D eigenvalue weighted by molar-refractivity contribution is 5.87. The zero-order valence-electron chi connectivity index (χ0n) is 9.70.